The van der Waals surface area contributed by atoms with Crippen molar-refractivity contribution in [1.29, 1.82) is 0 Å². The number of nitrogens with zero attached hydrogens (tertiary/aromatic N) is 1. The maximum absolute atomic E-state index is 12.0. The first kappa shape index (κ1) is 17.8. The Morgan fingerprint density at radius 3 is 2.41 bits per heavy atom. The van der Waals surface area contributed by atoms with Crippen molar-refractivity contribution in [3.05, 3.63) is 30.3 Å². The van der Waals surface area contributed by atoms with E-state index < -0.39 is 17.7 Å². The van der Waals surface area contributed by atoms with Crippen molar-refractivity contribution in [2.75, 3.05) is 19.8 Å². The van der Waals surface area contributed by atoms with Crippen molar-refractivity contribution < 1.29 is 19.1 Å². The smallest absolute Gasteiger partial charge is 0.418 e. The predicted octanol–water partition coefficient (Wildman–Crippen LogP) is 1.93. The number of amides is 3. The fourth-order valence-corrected chi connectivity index (χ4v) is 1.52. The second-order valence-corrected chi connectivity index (χ2v) is 5.50. The number of carbonyl (C=O) groups excluding carboxylic acids is 2. The number of imide groups is 1. The number of hydrogen-bond acceptors (Lipinski definition) is 5. The molecule has 1 rings (SSSR count). The molecule has 0 saturated carbocycles. The molecule has 7 nitrogen and oxygen atoms in total. The Balaban J connectivity index is 2.52. The molecule has 0 saturated heterocycles. The molecule has 0 aliphatic rings. The van der Waals surface area contributed by atoms with Gasteiger partial charge in [0, 0.05) is 13.1 Å². The summed E-state index contributed by atoms with van der Waals surface area (Å²) in [5.41, 5.74) is 4.74. The monoisotopic (exact) mass is 309 g/mol. The van der Waals surface area contributed by atoms with Gasteiger partial charge in [0.05, 0.1) is 0 Å². The Hall–Kier alpha value is -2.28. The summed E-state index contributed by atoms with van der Waals surface area (Å²) in [6.07, 6.45) is -0.741. The molecule has 0 spiro atoms. The van der Waals surface area contributed by atoms with Gasteiger partial charge in [-0.1, -0.05) is 18.2 Å². The number of benzene rings is 1. The van der Waals surface area contributed by atoms with Gasteiger partial charge in [-0.15, -0.1) is 0 Å². The molecule has 0 aliphatic carbocycles. The number of nitrogens with one attached hydrogen (secondary N) is 1. The van der Waals surface area contributed by atoms with Gasteiger partial charge in [0.1, 0.15) is 11.4 Å². The molecular formula is C15H23N3O4. The van der Waals surface area contributed by atoms with Crippen molar-refractivity contribution in [3.63, 3.8) is 0 Å². The number of rotatable bonds is 5. The van der Waals surface area contributed by atoms with Gasteiger partial charge in [-0.2, -0.15) is 0 Å². The minimum atomic E-state index is -0.741. The van der Waals surface area contributed by atoms with Crippen LogP contribution in [0.15, 0.2) is 30.3 Å². The minimum absolute atomic E-state index is 0.0616. The molecule has 1 aromatic carbocycles. The van der Waals surface area contributed by atoms with Crippen molar-refractivity contribution in [2.45, 2.75) is 26.4 Å². The SMILES string of the molecule is CC(C)(C)OC(=O)N(CCN)C(=O)NCOc1ccccc1. The molecule has 7 heteroatoms. The third-order valence-corrected chi connectivity index (χ3v) is 2.42. The highest BCUT2D eigenvalue weighted by Crippen LogP contribution is 2.10. The van der Waals surface area contributed by atoms with Gasteiger partial charge in [-0.3, -0.25) is 0 Å². The summed E-state index contributed by atoms with van der Waals surface area (Å²) in [7, 11) is 0. The molecule has 0 aromatic heterocycles. The van der Waals surface area contributed by atoms with Crippen LogP contribution < -0.4 is 15.8 Å². The summed E-state index contributed by atoms with van der Waals surface area (Å²) in [5, 5.41) is 2.49. The van der Waals surface area contributed by atoms with E-state index in [9.17, 15) is 9.59 Å². The van der Waals surface area contributed by atoms with Crippen molar-refractivity contribution >= 4 is 12.1 Å². The van der Waals surface area contributed by atoms with Crippen LogP contribution in [-0.4, -0.2) is 42.4 Å². The molecule has 0 atom stereocenters. The molecule has 0 bridgehead atoms. The lowest BCUT2D eigenvalue weighted by Crippen LogP contribution is -2.48. The van der Waals surface area contributed by atoms with Gasteiger partial charge in [-0.25, -0.2) is 14.5 Å². The highest BCUT2D eigenvalue weighted by molar-refractivity contribution is 5.91. The Bertz CT molecular complexity index is 485. The van der Waals surface area contributed by atoms with Crippen LogP contribution in [0.25, 0.3) is 0 Å². The number of para-hydroxylation sites is 1. The summed E-state index contributed by atoms with van der Waals surface area (Å²) in [5.74, 6) is 0.616. The molecule has 1 aromatic rings. The van der Waals surface area contributed by atoms with E-state index in [0.717, 1.165) is 4.90 Å². The first-order valence-corrected chi connectivity index (χ1v) is 7.00. The maximum atomic E-state index is 12.0. The molecule has 3 N–H and O–H groups in total. The number of hydrogen-bond donors (Lipinski definition) is 2. The third kappa shape index (κ3) is 6.45. The zero-order chi connectivity index (χ0) is 16.6. The van der Waals surface area contributed by atoms with Gasteiger partial charge in [0.25, 0.3) is 0 Å². The lowest BCUT2D eigenvalue weighted by atomic mass is 10.2. The summed E-state index contributed by atoms with van der Waals surface area (Å²) in [6.45, 7) is 5.32. The van der Waals surface area contributed by atoms with Gasteiger partial charge < -0.3 is 20.5 Å². The number of urea groups is 1. The average Bonchev–Trinajstić information content (AvgIpc) is 2.43. The average molecular weight is 309 g/mol. The van der Waals surface area contributed by atoms with Gasteiger partial charge in [0.15, 0.2) is 6.73 Å². The normalized spacial score (nSPS) is 10.7. The number of ether oxygens (including phenoxy) is 2. The Morgan fingerprint density at radius 2 is 1.86 bits per heavy atom. The lowest BCUT2D eigenvalue weighted by Gasteiger charge is -2.26. The van der Waals surface area contributed by atoms with Crippen LogP contribution in [0.2, 0.25) is 0 Å². The quantitative estimate of drug-likeness (QED) is 0.811. The van der Waals surface area contributed by atoms with Crippen LogP contribution >= 0.6 is 0 Å². The Labute approximate surface area is 130 Å². The zero-order valence-electron chi connectivity index (χ0n) is 13.2. The van der Waals surface area contributed by atoms with Crippen molar-refractivity contribution in [2.24, 2.45) is 5.73 Å². The summed E-state index contributed by atoms with van der Waals surface area (Å²) >= 11 is 0. The fraction of sp³-hybridized carbons (Fsp3) is 0.467. The van der Waals surface area contributed by atoms with Crippen molar-refractivity contribution in [3.8, 4) is 5.75 Å². The molecule has 0 radical (unpaired) electrons. The van der Waals surface area contributed by atoms with E-state index in [1.807, 2.05) is 18.2 Å². The van der Waals surface area contributed by atoms with Crippen LogP contribution in [0.4, 0.5) is 9.59 Å². The largest absolute Gasteiger partial charge is 0.473 e. The van der Waals surface area contributed by atoms with Crippen LogP contribution in [0.1, 0.15) is 20.8 Å². The van der Waals surface area contributed by atoms with Crippen LogP contribution in [-0.2, 0) is 4.74 Å². The summed E-state index contributed by atoms with van der Waals surface area (Å²) in [6, 6.07) is 8.40. The molecule has 22 heavy (non-hydrogen) atoms. The molecule has 0 heterocycles. The van der Waals surface area contributed by atoms with Crippen LogP contribution in [0.3, 0.4) is 0 Å². The molecule has 122 valence electrons. The van der Waals surface area contributed by atoms with Gasteiger partial charge in [-0.05, 0) is 32.9 Å². The molecule has 0 unspecified atom stereocenters. The zero-order valence-corrected chi connectivity index (χ0v) is 13.2. The lowest BCUT2D eigenvalue weighted by molar-refractivity contribution is 0.0321. The van der Waals surface area contributed by atoms with Crippen LogP contribution in [0.5, 0.6) is 5.75 Å². The first-order chi connectivity index (χ1) is 10.3. The first-order valence-electron chi connectivity index (χ1n) is 7.00. The van der Waals surface area contributed by atoms with E-state index in [-0.39, 0.29) is 19.8 Å². The van der Waals surface area contributed by atoms with E-state index in [1.165, 1.54) is 0 Å². The topological polar surface area (TPSA) is 93.9 Å². The van der Waals surface area contributed by atoms with Crippen LogP contribution in [0, 0.1) is 0 Å². The number of nitrogens with two attached hydrogens (primary N) is 1. The standard InChI is InChI=1S/C15H23N3O4/c1-15(2,3)22-14(20)18(10-9-16)13(19)17-11-21-12-7-5-4-6-8-12/h4-8H,9-11,16H2,1-3H3,(H,17,19). The minimum Gasteiger partial charge on any atom is -0.473 e. The second kappa shape index (κ2) is 8.23. The highest BCUT2D eigenvalue weighted by Gasteiger charge is 2.26. The molecule has 0 fully saturated rings. The second-order valence-electron chi connectivity index (χ2n) is 5.50. The van der Waals surface area contributed by atoms with E-state index in [0.29, 0.717) is 5.75 Å². The van der Waals surface area contributed by atoms with Gasteiger partial charge >= 0.3 is 12.1 Å². The predicted molar refractivity (Wildman–Crippen MR) is 82.5 cm³/mol. The molecule has 0 aliphatic heterocycles. The highest BCUT2D eigenvalue weighted by atomic mass is 16.6. The maximum Gasteiger partial charge on any atom is 0.418 e. The summed E-state index contributed by atoms with van der Waals surface area (Å²) < 4.78 is 10.5. The third-order valence-electron chi connectivity index (χ3n) is 2.42. The summed E-state index contributed by atoms with van der Waals surface area (Å²) in [4.78, 5) is 24.9. The van der Waals surface area contributed by atoms with E-state index in [2.05, 4.69) is 5.32 Å². The molecular weight excluding hydrogens is 286 g/mol. The Morgan fingerprint density at radius 1 is 1.23 bits per heavy atom. The van der Waals surface area contributed by atoms with Gasteiger partial charge in [0.2, 0.25) is 0 Å². The van der Waals surface area contributed by atoms with E-state index in [4.69, 9.17) is 15.2 Å². The van der Waals surface area contributed by atoms with E-state index >= 15 is 0 Å². The molecule has 3 amide bonds. The Kier molecular flexibility index (Phi) is 6.65. The van der Waals surface area contributed by atoms with Crippen molar-refractivity contribution in [1.82, 2.24) is 10.2 Å². The van der Waals surface area contributed by atoms with E-state index in [1.54, 1.807) is 32.9 Å². The number of carbonyl (C=O) groups is 2. The fourth-order valence-electron chi connectivity index (χ4n) is 1.52.